The van der Waals surface area contributed by atoms with Crippen molar-refractivity contribution < 1.29 is 4.74 Å². The zero-order valence-electron chi connectivity index (χ0n) is 11.3. The van der Waals surface area contributed by atoms with Crippen LogP contribution in [0.4, 0.5) is 5.69 Å². The van der Waals surface area contributed by atoms with Crippen molar-refractivity contribution in [1.29, 1.82) is 0 Å². The van der Waals surface area contributed by atoms with Gasteiger partial charge in [0.2, 0.25) is 0 Å². The Morgan fingerprint density at radius 1 is 1.56 bits per heavy atom. The van der Waals surface area contributed by atoms with Gasteiger partial charge in [-0.3, -0.25) is 9.88 Å². The van der Waals surface area contributed by atoms with E-state index >= 15 is 0 Å². The predicted octanol–water partition coefficient (Wildman–Crippen LogP) is 1.91. The number of hydrogen-bond donors (Lipinski definition) is 1. The predicted molar refractivity (Wildman–Crippen MR) is 73.1 cm³/mol. The minimum Gasteiger partial charge on any atom is -0.397 e. The van der Waals surface area contributed by atoms with Crippen LogP contribution in [0.3, 0.4) is 0 Å². The number of nitrogen functional groups attached to an aromatic ring is 1. The van der Waals surface area contributed by atoms with Crippen LogP contribution in [0.2, 0.25) is 0 Å². The lowest BCUT2D eigenvalue weighted by atomic mass is 10.1. The van der Waals surface area contributed by atoms with E-state index in [4.69, 9.17) is 10.5 Å². The molecule has 1 aromatic rings. The van der Waals surface area contributed by atoms with Gasteiger partial charge < -0.3 is 10.5 Å². The van der Waals surface area contributed by atoms with E-state index in [0.717, 1.165) is 37.0 Å². The lowest BCUT2D eigenvalue weighted by Gasteiger charge is -2.29. The number of pyridine rings is 1. The quantitative estimate of drug-likeness (QED) is 0.802. The van der Waals surface area contributed by atoms with Crippen LogP contribution in [0.1, 0.15) is 25.5 Å². The zero-order chi connectivity index (χ0) is 13.0. The van der Waals surface area contributed by atoms with Gasteiger partial charge in [0.05, 0.1) is 18.0 Å². The summed E-state index contributed by atoms with van der Waals surface area (Å²) in [7, 11) is 1.75. The number of aromatic nitrogens is 1. The fourth-order valence-corrected chi connectivity index (χ4v) is 2.29. The number of anilines is 1. The third-order valence-electron chi connectivity index (χ3n) is 3.74. The van der Waals surface area contributed by atoms with Crippen LogP contribution in [0, 0.1) is 5.92 Å². The molecule has 0 amide bonds. The minimum atomic E-state index is 0.585. The second kappa shape index (κ2) is 6.16. The summed E-state index contributed by atoms with van der Waals surface area (Å²) in [6, 6.07) is 4.38. The topological polar surface area (TPSA) is 51.4 Å². The van der Waals surface area contributed by atoms with Crippen LogP contribution in [0.15, 0.2) is 18.3 Å². The van der Waals surface area contributed by atoms with Gasteiger partial charge in [-0.15, -0.1) is 0 Å². The highest BCUT2D eigenvalue weighted by atomic mass is 16.5. The van der Waals surface area contributed by atoms with Crippen LogP contribution < -0.4 is 5.73 Å². The molecule has 100 valence electrons. The van der Waals surface area contributed by atoms with Crippen molar-refractivity contribution in [1.82, 2.24) is 9.88 Å². The first-order valence-corrected chi connectivity index (χ1v) is 6.64. The summed E-state index contributed by atoms with van der Waals surface area (Å²) < 4.78 is 5.20. The number of nitrogens with zero attached hydrogens (tertiary/aromatic N) is 2. The van der Waals surface area contributed by atoms with Gasteiger partial charge in [0.15, 0.2) is 0 Å². The zero-order valence-corrected chi connectivity index (χ0v) is 11.3. The Bertz CT molecular complexity index is 379. The molecule has 4 nitrogen and oxygen atoms in total. The molecule has 1 aromatic heterocycles. The first kappa shape index (κ1) is 13.3. The summed E-state index contributed by atoms with van der Waals surface area (Å²) in [6.07, 6.45) is 4.51. The normalized spacial score (nSPS) is 17.1. The van der Waals surface area contributed by atoms with E-state index in [-0.39, 0.29) is 0 Å². The summed E-state index contributed by atoms with van der Waals surface area (Å²) in [4.78, 5) is 6.81. The largest absolute Gasteiger partial charge is 0.397 e. The fourth-order valence-electron chi connectivity index (χ4n) is 2.29. The van der Waals surface area contributed by atoms with Gasteiger partial charge in [-0.25, -0.2) is 0 Å². The van der Waals surface area contributed by atoms with E-state index in [9.17, 15) is 0 Å². The third-order valence-corrected chi connectivity index (χ3v) is 3.74. The van der Waals surface area contributed by atoms with Crippen molar-refractivity contribution in [2.75, 3.05) is 26.0 Å². The number of methoxy groups -OCH3 is 1. The van der Waals surface area contributed by atoms with Gasteiger partial charge in [-0.05, 0) is 37.8 Å². The van der Waals surface area contributed by atoms with Gasteiger partial charge in [-0.2, -0.15) is 0 Å². The van der Waals surface area contributed by atoms with Crippen LogP contribution in [-0.4, -0.2) is 36.2 Å². The van der Waals surface area contributed by atoms with Gasteiger partial charge in [0, 0.05) is 32.4 Å². The first-order valence-electron chi connectivity index (χ1n) is 6.64. The molecule has 1 aliphatic rings. The summed E-state index contributed by atoms with van der Waals surface area (Å²) >= 11 is 0. The smallest absolute Gasteiger partial charge is 0.0772 e. The molecular formula is C14H23N3O. The number of ether oxygens (including phenoxy) is 1. The molecule has 4 heteroatoms. The molecular weight excluding hydrogens is 226 g/mol. The van der Waals surface area contributed by atoms with E-state index in [1.807, 2.05) is 18.3 Å². The molecule has 1 unspecified atom stereocenters. The fraction of sp³-hybridized carbons (Fsp3) is 0.643. The Labute approximate surface area is 109 Å². The second-order valence-corrected chi connectivity index (χ2v) is 5.08. The Morgan fingerprint density at radius 2 is 2.33 bits per heavy atom. The minimum absolute atomic E-state index is 0.585. The van der Waals surface area contributed by atoms with E-state index in [1.54, 1.807) is 7.11 Å². The second-order valence-electron chi connectivity index (χ2n) is 5.08. The van der Waals surface area contributed by atoms with E-state index in [0.29, 0.717) is 6.04 Å². The number of rotatable bonds is 7. The molecule has 0 bridgehead atoms. The Hall–Kier alpha value is -1.13. The standard InChI is InChI=1S/C14H23N3O/c1-11(12-5-6-12)17(8-9-18-2)10-14-13(15)4-3-7-16-14/h3-4,7,11-12H,5-6,8-10,15H2,1-2H3. The maximum absolute atomic E-state index is 5.97. The molecule has 18 heavy (non-hydrogen) atoms. The molecule has 0 radical (unpaired) electrons. The molecule has 2 rings (SSSR count). The van der Waals surface area contributed by atoms with Crippen molar-refractivity contribution in [2.45, 2.75) is 32.4 Å². The molecule has 0 saturated heterocycles. The number of hydrogen-bond acceptors (Lipinski definition) is 4. The Kier molecular flexibility index (Phi) is 4.55. The highest BCUT2D eigenvalue weighted by molar-refractivity contribution is 5.41. The monoisotopic (exact) mass is 249 g/mol. The Morgan fingerprint density at radius 3 is 2.94 bits per heavy atom. The van der Waals surface area contributed by atoms with E-state index in [2.05, 4.69) is 16.8 Å². The summed E-state index contributed by atoms with van der Waals surface area (Å²) in [5.41, 5.74) is 7.72. The molecule has 0 aliphatic heterocycles. The first-order chi connectivity index (χ1) is 8.72. The summed E-state index contributed by atoms with van der Waals surface area (Å²) in [5, 5.41) is 0. The molecule has 2 N–H and O–H groups in total. The van der Waals surface area contributed by atoms with Gasteiger partial charge >= 0.3 is 0 Å². The van der Waals surface area contributed by atoms with Crippen LogP contribution in [0.25, 0.3) is 0 Å². The van der Waals surface area contributed by atoms with E-state index in [1.165, 1.54) is 12.8 Å². The van der Waals surface area contributed by atoms with Crippen molar-refractivity contribution >= 4 is 5.69 Å². The molecule has 1 atom stereocenters. The average Bonchev–Trinajstić information content (AvgIpc) is 3.20. The lowest BCUT2D eigenvalue weighted by Crippen LogP contribution is -2.37. The lowest BCUT2D eigenvalue weighted by molar-refractivity contribution is 0.111. The van der Waals surface area contributed by atoms with Crippen molar-refractivity contribution in [3.63, 3.8) is 0 Å². The highest BCUT2D eigenvalue weighted by Crippen LogP contribution is 2.35. The third kappa shape index (κ3) is 3.43. The van der Waals surface area contributed by atoms with Crippen LogP contribution >= 0.6 is 0 Å². The summed E-state index contributed by atoms with van der Waals surface area (Å²) in [6.45, 7) is 4.80. The molecule has 1 aliphatic carbocycles. The van der Waals surface area contributed by atoms with Gasteiger partial charge in [-0.1, -0.05) is 0 Å². The van der Waals surface area contributed by atoms with Crippen molar-refractivity contribution in [3.05, 3.63) is 24.0 Å². The van der Waals surface area contributed by atoms with Crippen molar-refractivity contribution in [3.8, 4) is 0 Å². The highest BCUT2D eigenvalue weighted by Gasteiger charge is 2.32. The molecule has 1 saturated carbocycles. The summed E-state index contributed by atoms with van der Waals surface area (Å²) in [5.74, 6) is 0.840. The van der Waals surface area contributed by atoms with Gasteiger partial charge in [0.25, 0.3) is 0 Å². The Balaban J connectivity index is 2.01. The maximum atomic E-state index is 5.97. The van der Waals surface area contributed by atoms with E-state index < -0.39 is 0 Å². The molecule has 0 aromatic carbocycles. The van der Waals surface area contributed by atoms with Gasteiger partial charge in [0.1, 0.15) is 0 Å². The van der Waals surface area contributed by atoms with Crippen LogP contribution in [-0.2, 0) is 11.3 Å². The SMILES string of the molecule is COCCN(Cc1ncccc1N)C(C)C1CC1. The maximum Gasteiger partial charge on any atom is 0.0772 e. The molecule has 0 spiro atoms. The average molecular weight is 249 g/mol. The van der Waals surface area contributed by atoms with Crippen molar-refractivity contribution in [2.24, 2.45) is 5.92 Å². The number of nitrogens with two attached hydrogens (primary N) is 1. The molecule has 1 heterocycles. The van der Waals surface area contributed by atoms with Crippen LogP contribution in [0.5, 0.6) is 0 Å². The molecule has 1 fully saturated rings.